The van der Waals surface area contributed by atoms with Crippen molar-refractivity contribution in [2.75, 3.05) is 6.54 Å². The number of nitrogens with zero attached hydrogens (tertiary/aromatic N) is 2. The first kappa shape index (κ1) is 11.0. The van der Waals surface area contributed by atoms with Crippen molar-refractivity contribution in [3.63, 3.8) is 0 Å². The Bertz CT molecular complexity index is 325. The van der Waals surface area contributed by atoms with Gasteiger partial charge in [0.05, 0.1) is 11.7 Å². The fourth-order valence-corrected chi connectivity index (χ4v) is 1.66. The van der Waals surface area contributed by atoms with E-state index in [1.807, 2.05) is 25.6 Å². The normalized spacial score (nSPS) is 12.9. The SMILES string of the molecule is C=C(C)C(NCC)c1cn(C)nc1C. The van der Waals surface area contributed by atoms with Crippen LogP contribution in [0.2, 0.25) is 0 Å². The average Bonchev–Trinajstić information content (AvgIpc) is 2.40. The van der Waals surface area contributed by atoms with Crippen molar-refractivity contribution < 1.29 is 0 Å². The van der Waals surface area contributed by atoms with Gasteiger partial charge in [-0.25, -0.2) is 0 Å². The van der Waals surface area contributed by atoms with Gasteiger partial charge in [0.1, 0.15) is 0 Å². The fourth-order valence-electron chi connectivity index (χ4n) is 1.66. The summed E-state index contributed by atoms with van der Waals surface area (Å²) in [4.78, 5) is 0. The molecule has 0 radical (unpaired) electrons. The average molecular weight is 193 g/mol. The molecule has 0 amide bonds. The molecule has 0 bridgehead atoms. The first-order valence-electron chi connectivity index (χ1n) is 4.95. The molecule has 0 fully saturated rings. The number of nitrogens with one attached hydrogen (secondary N) is 1. The van der Waals surface area contributed by atoms with Crippen molar-refractivity contribution in [3.8, 4) is 0 Å². The van der Waals surface area contributed by atoms with Crippen LogP contribution < -0.4 is 5.32 Å². The predicted octanol–water partition coefficient (Wildman–Crippen LogP) is 1.96. The topological polar surface area (TPSA) is 29.9 Å². The molecule has 0 spiro atoms. The minimum absolute atomic E-state index is 0.230. The van der Waals surface area contributed by atoms with Gasteiger partial charge in [-0.15, -0.1) is 0 Å². The van der Waals surface area contributed by atoms with Gasteiger partial charge in [0, 0.05) is 18.8 Å². The molecule has 1 heterocycles. The van der Waals surface area contributed by atoms with E-state index in [0.29, 0.717) is 0 Å². The van der Waals surface area contributed by atoms with Crippen LogP contribution in [-0.4, -0.2) is 16.3 Å². The molecule has 14 heavy (non-hydrogen) atoms. The monoisotopic (exact) mass is 193 g/mol. The summed E-state index contributed by atoms with van der Waals surface area (Å²) in [5.41, 5.74) is 3.42. The second-order valence-corrected chi connectivity index (χ2v) is 3.68. The predicted molar refractivity (Wildman–Crippen MR) is 59.2 cm³/mol. The van der Waals surface area contributed by atoms with Crippen LogP contribution in [0.5, 0.6) is 0 Å². The van der Waals surface area contributed by atoms with Gasteiger partial charge in [0.15, 0.2) is 0 Å². The van der Waals surface area contributed by atoms with E-state index in [4.69, 9.17) is 0 Å². The molecule has 1 N–H and O–H groups in total. The Labute approximate surface area is 85.8 Å². The molecule has 0 saturated heterocycles. The quantitative estimate of drug-likeness (QED) is 0.741. The first-order valence-corrected chi connectivity index (χ1v) is 4.95. The number of hydrogen-bond donors (Lipinski definition) is 1. The molecular formula is C11H19N3. The maximum absolute atomic E-state index is 4.33. The number of rotatable bonds is 4. The summed E-state index contributed by atoms with van der Waals surface area (Å²) in [6.45, 7) is 11.1. The van der Waals surface area contributed by atoms with Crippen LogP contribution in [0.3, 0.4) is 0 Å². The molecule has 1 rings (SSSR count). The summed E-state index contributed by atoms with van der Waals surface area (Å²) in [6.07, 6.45) is 2.05. The highest BCUT2D eigenvalue weighted by Crippen LogP contribution is 2.22. The van der Waals surface area contributed by atoms with E-state index >= 15 is 0 Å². The second-order valence-electron chi connectivity index (χ2n) is 3.68. The molecular weight excluding hydrogens is 174 g/mol. The zero-order chi connectivity index (χ0) is 10.7. The van der Waals surface area contributed by atoms with E-state index in [1.54, 1.807) is 0 Å². The molecule has 3 heteroatoms. The number of likely N-dealkylation sites (N-methyl/N-ethyl adjacent to an activating group) is 1. The lowest BCUT2D eigenvalue weighted by Gasteiger charge is -2.17. The molecule has 1 aromatic rings. The van der Waals surface area contributed by atoms with Crippen LogP contribution in [0.15, 0.2) is 18.3 Å². The maximum Gasteiger partial charge on any atom is 0.0644 e. The lowest BCUT2D eigenvalue weighted by Crippen LogP contribution is -2.21. The van der Waals surface area contributed by atoms with Crippen molar-refractivity contribution in [2.24, 2.45) is 7.05 Å². The lowest BCUT2D eigenvalue weighted by molar-refractivity contribution is 0.618. The molecule has 1 aromatic heterocycles. The van der Waals surface area contributed by atoms with Gasteiger partial charge in [0.25, 0.3) is 0 Å². The third-order valence-corrected chi connectivity index (χ3v) is 2.26. The van der Waals surface area contributed by atoms with Gasteiger partial charge in [-0.2, -0.15) is 5.10 Å². The standard InChI is InChI=1S/C11H19N3/c1-6-12-11(8(2)3)10-7-14(5)13-9(10)4/h7,11-12H,2,6H2,1,3-5H3. The Morgan fingerprint density at radius 2 is 2.36 bits per heavy atom. The summed E-state index contributed by atoms with van der Waals surface area (Å²) in [5, 5.41) is 7.73. The Morgan fingerprint density at radius 1 is 1.71 bits per heavy atom. The summed E-state index contributed by atoms with van der Waals surface area (Å²) in [5.74, 6) is 0. The number of hydrogen-bond acceptors (Lipinski definition) is 2. The van der Waals surface area contributed by atoms with E-state index in [1.165, 1.54) is 5.56 Å². The van der Waals surface area contributed by atoms with Gasteiger partial charge >= 0.3 is 0 Å². The molecule has 1 atom stereocenters. The lowest BCUT2D eigenvalue weighted by atomic mass is 10.0. The zero-order valence-electron chi connectivity index (χ0n) is 9.46. The van der Waals surface area contributed by atoms with Gasteiger partial charge in [0.2, 0.25) is 0 Å². The van der Waals surface area contributed by atoms with Crippen LogP contribution >= 0.6 is 0 Å². The summed E-state index contributed by atoms with van der Waals surface area (Å²) >= 11 is 0. The summed E-state index contributed by atoms with van der Waals surface area (Å²) < 4.78 is 1.85. The van der Waals surface area contributed by atoms with E-state index in [2.05, 4.69) is 30.1 Å². The Kier molecular flexibility index (Phi) is 3.47. The highest BCUT2D eigenvalue weighted by molar-refractivity contribution is 5.27. The zero-order valence-corrected chi connectivity index (χ0v) is 9.46. The Hall–Kier alpha value is -1.09. The van der Waals surface area contributed by atoms with Crippen molar-refractivity contribution in [3.05, 3.63) is 29.6 Å². The van der Waals surface area contributed by atoms with Crippen molar-refractivity contribution in [2.45, 2.75) is 26.8 Å². The van der Waals surface area contributed by atoms with E-state index in [-0.39, 0.29) is 6.04 Å². The Balaban J connectivity index is 2.98. The van der Waals surface area contributed by atoms with E-state index in [9.17, 15) is 0 Å². The van der Waals surface area contributed by atoms with Gasteiger partial charge in [-0.1, -0.05) is 19.1 Å². The van der Waals surface area contributed by atoms with Crippen molar-refractivity contribution in [1.29, 1.82) is 0 Å². The third-order valence-electron chi connectivity index (χ3n) is 2.26. The molecule has 1 unspecified atom stereocenters. The van der Waals surface area contributed by atoms with Crippen LogP contribution in [-0.2, 0) is 7.05 Å². The minimum atomic E-state index is 0.230. The van der Waals surface area contributed by atoms with Crippen LogP contribution in [0, 0.1) is 6.92 Å². The van der Waals surface area contributed by atoms with E-state index in [0.717, 1.165) is 17.8 Å². The van der Waals surface area contributed by atoms with Gasteiger partial charge in [-0.05, 0) is 20.4 Å². The summed E-state index contributed by atoms with van der Waals surface area (Å²) in [6, 6.07) is 0.230. The third kappa shape index (κ3) is 2.23. The molecule has 0 aliphatic carbocycles. The van der Waals surface area contributed by atoms with Crippen LogP contribution in [0.1, 0.15) is 31.1 Å². The first-order chi connectivity index (χ1) is 6.56. The van der Waals surface area contributed by atoms with E-state index < -0.39 is 0 Å². The highest BCUT2D eigenvalue weighted by atomic mass is 15.3. The van der Waals surface area contributed by atoms with Crippen LogP contribution in [0.4, 0.5) is 0 Å². The molecule has 0 aliphatic rings. The number of aryl methyl sites for hydroxylation is 2. The van der Waals surface area contributed by atoms with Crippen molar-refractivity contribution in [1.82, 2.24) is 15.1 Å². The molecule has 0 aliphatic heterocycles. The highest BCUT2D eigenvalue weighted by Gasteiger charge is 2.15. The molecule has 0 aromatic carbocycles. The molecule has 78 valence electrons. The smallest absolute Gasteiger partial charge is 0.0644 e. The maximum atomic E-state index is 4.33. The largest absolute Gasteiger partial charge is 0.307 e. The number of aromatic nitrogens is 2. The Morgan fingerprint density at radius 3 is 2.71 bits per heavy atom. The second kappa shape index (κ2) is 4.42. The van der Waals surface area contributed by atoms with Gasteiger partial charge in [-0.3, -0.25) is 4.68 Å². The fraction of sp³-hybridized carbons (Fsp3) is 0.545. The van der Waals surface area contributed by atoms with Crippen LogP contribution in [0.25, 0.3) is 0 Å². The molecule has 3 nitrogen and oxygen atoms in total. The van der Waals surface area contributed by atoms with Gasteiger partial charge < -0.3 is 5.32 Å². The summed E-state index contributed by atoms with van der Waals surface area (Å²) in [7, 11) is 1.94. The molecule has 0 saturated carbocycles. The minimum Gasteiger partial charge on any atom is -0.307 e. The van der Waals surface area contributed by atoms with Crippen molar-refractivity contribution >= 4 is 0 Å².